The van der Waals surface area contributed by atoms with Crippen molar-refractivity contribution in [3.8, 4) is 0 Å². The number of unbranched alkanes of at least 4 members (excludes halogenated alkanes) is 2. The molecule has 2 heterocycles. The third-order valence-electron chi connectivity index (χ3n) is 3.93. The van der Waals surface area contributed by atoms with E-state index in [0.29, 0.717) is 5.96 Å². The van der Waals surface area contributed by atoms with Crippen molar-refractivity contribution in [2.24, 2.45) is 10.7 Å². The van der Waals surface area contributed by atoms with Crippen molar-refractivity contribution < 1.29 is 0 Å². The second kappa shape index (κ2) is 6.04. The smallest absolute Gasteiger partial charge is 0.198 e. The SMILES string of the molecule is CCCCCN1CC=C(n2ccc3ccccc32)N=C1N. The van der Waals surface area contributed by atoms with Gasteiger partial charge in [-0.2, -0.15) is 4.99 Å². The van der Waals surface area contributed by atoms with Gasteiger partial charge in [-0.1, -0.05) is 38.0 Å². The van der Waals surface area contributed by atoms with E-state index in [4.69, 9.17) is 5.73 Å². The summed E-state index contributed by atoms with van der Waals surface area (Å²) in [5.41, 5.74) is 7.29. The monoisotopic (exact) mass is 282 g/mol. The van der Waals surface area contributed by atoms with Gasteiger partial charge in [-0.25, -0.2) is 0 Å². The average Bonchev–Trinajstić information content (AvgIpc) is 2.93. The zero-order valence-electron chi connectivity index (χ0n) is 12.5. The molecule has 110 valence electrons. The Bertz CT molecular complexity index is 681. The van der Waals surface area contributed by atoms with E-state index in [9.17, 15) is 0 Å². The molecule has 1 aliphatic rings. The van der Waals surface area contributed by atoms with Gasteiger partial charge in [-0.15, -0.1) is 0 Å². The maximum atomic E-state index is 6.12. The minimum Gasteiger partial charge on any atom is -0.369 e. The molecular weight excluding hydrogens is 260 g/mol. The minimum atomic E-state index is 0.626. The maximum absolute atomic E-state index is 6.12. The Balaban J connectivity index is 1.79. The first-order valence-corrected chi connectivity index (χ1v) is 7.65. The number of hydrogen-bond donors (Lipinski definition) is 1. The lowest BCUT2D eigenvalue weighted by Crippen LogP contribution is -2.40. The highest BCUT2D eigenvalue weighted by molar-refractivity contribution is 5.88. The van der Waals surface area contributed by atoms with Crippen molar-refractivity contribution in [2.75, 3.05) is 13.1 Å². The number of rotatable bonds is 5. The van der Waals surface area contributed by atoms with E-state index in [1.54, 1.807) is 0 Å². The number of guanidine groups is 1. The van der Waals surface area contributed by atoms with Crippen molar-refractivity contribution in [2.45, 2.75) is 26.2 Å². The van der Waals surface area contributed by atoms with Crippen LogP contribution in [0.1, 0.15) is 26.2 Å². The van der Waals surface area contributed by atoms with Crippen molar-refractivity contribution in [3.05, 3.63) is 42.6 Å². The van der Waals surface area contributed by atoms with Crippen molar-refractivity contribution >= 4 is 22.7 Å². The summed E-state index contributed by atoms with van der Waals surface area (Å²) in [4.78, 5) is 6.72. The number of hydrogen-bond acceptors (Lipinski definition) is 3. The zero-order chi connectivity index (χ0) is 14.7. The molecule has 1 aliphatic heterocycles. The van der Waals surface area contributed by atoms with Gasteiger partial charge in [0.15, 0.2) is 5.96 Å². The van der Waals surface area contributed by atoms with E-state index in [2.05, 4.69) is 57.9 Å². The van der Waals surface area contributed by atoms with Crippen LogP contribution >= 0.6 is 0 Å². The van der Waals surface area contributed by atoms with Crippen LogP contribution in [0.4, 0.5) is 0 Å². The summed E-state index contributed by atoms with van der Waals surface area (Å²) in [5, 5.41) is 1.22. The molecular formula is C17H22N4. The Morgan fingerprint density at radius 1 is 1.19 bits per heavy atom. The molecule has 0 bridgehead atoms. The highest BCUT2D eigenvalue weighted by atomic mass is 15.3. The summed E-state index contributed by atoms with van der Waals surface area (Å²) in [5.74, 6) is 1.54. The molecule has 1 aromatic heterocycles. The number of benzene rings is 1. The van der Waals surface area contributed by atoms with Crippen molar-refractivity contribution in [1.29, 1.82) is 0 Å². The Labute approximate surface area is 125 Å². The Kier molecular flexibility index (Phi) is 3.95. The summed E-state index contributed by atoms with van der Waals surface area (Å²) in [6.07, 6.45) is 7.83. The largest absolute Gasteiger partial charge is 0.369 e. The molecule has 0 saturated heterocycles. The van der Waals surface area contributed by atoms with Crippen LogP contribution in [-0.2, 0) is 0 Å². The molecule has 1 aromatic carbocycles. The normalized spacial score (nSPS) is 15.2. The van der Waals surface area contributed by atoms with Gasteiger partial charge in [0.2, 0.25) is 0 Å². The quantitative estimate of drug-likeness (QED) is 0.856. The highest BCUT2D eigenvalue weighted by Gasteiger charge is 2.14. The van der Waals surface area contributed by atoms with E-state index in [-0.39, 0.29) is 0 Å². The molecule has 0 aliphatic carbocycles. The lowest BCUT2D eigenvalue weighted by atomic mass is 10.2. The Morgan fingerprint density at radius 3 is 2.86 bits per heavy atom. The molecule has 3 rings (SSSR count). The summed E-state index contributed by atoms with van der Waals surface area (Å²) in [7, 11) is 0. The molecule has 0 saturated carbocycles. The van der Waals surface area contributed by atoms with Crippen molar-refractivity contribution in [3.63, 3.8) is 0 Å². The molecule has 21 heavy (non-hydrogen) atoms. The lowest BCUT2D eigenvalue weighted by molar-refractivity contribution is 0.431. The predicted molar refractivity (Wildman–Crippen MR) is 88.9 cm³/mol. The van der Waals surface area contributed by atoms with Crippen LogP contribution in [0, 0.1) is 0 Å². The molecule has 4 nitrogen and oxygen atoms in total. The summed E-state index contributed by atoms with van der Waals surface area (Å²) in [6.45, 7) is 4.03. The first-order valence-electron chi connectivity index (χ1n) is 7.65. The molecule has 0 amide bonds. The third kappa shape index (κ3) is 2.79. The number of aromatic nitrogens is 1. The van der Waals surface area contributed by atoms with Gasteiger partial charge in [0.05, 0.1) is 5.52 Å². The van der Waals surface area contributed by atoms with E-state index in [0.717, 1.165) is 18.9 Å². The summed E-state index contributed by atoms with van der Waals surface area (Å²) in [6, 6.07) is 10.4. The number of nitrogens with two attached hydrogens (primary N) is 1. The van der Waals surface area contributed by atoms with Crippen LogP contribution in [0.2, 0.25) is 0 Å². The predicted octanol–water partition coefficient (Wildman–Crippen LogP) is 3.26. The lowest BCUT2D eigenvalue weighted by Gasteiger charge is -2.26. The first kappa shape index (κ1) is 13.7. The summed E-state index contributed by atoms with van der Waals surface area (Å²) >= 11 is 0. The van der Waals surface area contributed by atoms with Crippen LogP contribution in [0.25, 0.3) is 16.7 Å². The van der Waals surface area contributed by atoms with Gasteiger partial charge in [0.1, 0.15) is 5.82 Å². The molecule has 0 spiro atoms. The summed E-state index contributed by atoms with van der Waals surface area (Å²) < 4.78 is 2.10. The Hall–Kier alpha value is -2.23. The maximum Gasteiger partial charge on any atom is 0.198 e. The standard InChI is InChI=1S/C17H22N4/c1-2-3-6-11-20-12-10-16(19-17(20)18)21-13-9-14-7-4-5-8-15(14)21/h4-5,7-10,13H,2-3,6,11-12H2,1H3,(H2,18,19). The molecule has 2 aromatic rings. The van der Waals surface area contributed by atoms with Crippen LogP contribution in [0.5, 0.6) is 0 Å². The Morgan fingerprint density at radius 2 is 2.05 bits per heavy atom. The highest BCUT2D eigenvalue weighted by Crippen LogP contribution is 2.21. The van der Waals surface area contributed by atoms with Gasteiger partial charge in [0, 0.05) is 19.3 Å². The zero-order valence-corrected chi connectivity index (χ0v) is 12.5. The van der Waals surface area contributed by atoms with Crippen molar-refractivity contribution in [1.82, 2.24) is 9.47 Å². The number of fused-ring (bicyclic) bond motifs is 1. The molecule has 4 heteroatoms. The second-order valence-corrected chi connectivity index (χ2v) is 5.43. The van der Waals surface area contributed by atoms with Gasteiger partial charge in [-0.05, 0) is 30.0 Å². The molecule has 0 unspecified atom stereocenters. The first-order chi connectivity index (χ1) is 10.3. The topological polar surface area (TPSA) is 46.5 Å². The van der Waals surface area contributed by atoms with E-state index in [1.165, 1.54) is 30.2 Å². The average molecular weight is 282 g/mol. The molecule has 0 fully saturated rings. The van der Waals surface area contributed by atoms with Crippen LogP contribution in [0.15, 0.2) is 47.6 Å². The fourth-order valence-corrected chi connectivity index (χ4v) is 2.71. The van der Waals surface area contributed by atoms with Crippen LogP contribution in [0.3, 0.4) is 0 Å². The second-order valence-electron chi connectivity index (χ2n) is 5.43. The van der Waals surface area contributed by atoms with Gasteiger partial charge in [0.25, 0.3) is 0 Å². The minimum absolute atomic E-state index is 0.626. The molecule has 0 radical (unpaired) electrons. The molecule has 0 atom stereocenters. The van der Waals surface area contributed by atoms with Gasteiger partial charge >= 0.3 is 0 Å². The third-order valence-corrected chi connectivity index (χ3v) is 3.93. The van der Waals surface area contributed by atoms with E-state index >= 15 is 0 Å². The van der Waals surface area contributed by atoms with Crippen LogP contribution < -0.4 is 5.73 Å². The number of nitrogens with zero attached hydrogens (tertiary/aromatic N) is 3. The van der Waals surface area contributed by atoms with E-state index in [1.807, 2.05) is 6.07 Å². The number of aliphatic imine (C=N–C) groups is 1. The fourth-order valence-electron chi connectivity index (χ4n) is 2.71. The van der Waals surface area contributed by atoms with Gasteiger partial charge in [-0.3, -0.25) is 0 Å². The van der Waals surface area contributed by atoms with Crippen LogP contribution in [-0.4, -0.2) is 28.5 Å². The fraction of sp³-hybridized carbons (Fsp3) is 0.353. The van der Waals surface area contributed by atoms with E-state index < -0.39 is 0 Å². The molecule has 2 N–H and O–H groups in total. The van der Waals surface area contributed by atoms with Gasteiger partial charge < -0.3 is 15.2 Å². The number of para-hydroxylation sites is 1.